The summed E-state index contributed by atoms with van der Waals surface area (Å²) in [6.07, 6.45) is 0. The lowest BCUT2D eigenvalue weighted by molar-refractivity contribution is -2.00. The van der Waals surface area contributed by atoms with E-state index in [2.05, 4.69) is 76.3 Å². The molecular weight excluding hydrogens is 362 g/mol. The van der Waals surface area contributed by atoms with Gasteiger partial charge >= 0.3 is 0 Å². The molecule has 21 heavy (non-hydrogen) atoms. The summed E-state index contributed by atoms with van der Waals surface area (Å²) in [7, 11) is -4.94. The molecule has 5 nitrogen and oxygen atoms in total. The smallest absolute Gasteiger partial charge is 0.162 e. The van der Waals surface area contributed by atoms with Crippen LogP contribution in [-0.4, -0.2) is 16.6 Å². The van der Waals surface area contributed by atoms with Crippen molar-refractivity contribution < 1.29 is 33.9 Å². The summed E-state index contributed by atoms with van der Waals surface area (Å²) in [4.78, 5) is 4.11. The molecule has 0 aliphatic carbocycles. The van der Waals surface area contributed by atoms with Crippen LogP contribution in [0.3, 0.4) is 0 Å². The molecule has 0 heterocycles. The van der Waals surface area contributed by atoms with E-state index in [-0.39, 0.29) is 5.41 Å². The van der Waals surface area contributed by atoms with Gasteiger partial charge in [-0.2, -0.15) is 0 Å². The predicted octanol–water partition coefficient (Wildman–Crippen LogP) is -1.74. The zero-order valence-electron chi connectivity index (χ0n) is 14.2. The van der Waals surface area contributed by atoms with Gasteiger partial charge in [0.25, 0.3) is 0 Å². The summed E-state index contributed by atoms with van der Waals surface area (Å²) in [5.74, 6) is 1.32. The highest BCUT2D eigenvalue weighted by Gasteiger charge is 2.30. The van der Waals surface area contributed by atoms with Gasteiger partial charge in [0.15, 0.2) is 11.8 Å². The largest absolute Gasteiger partial charge is 0.245 e. The summed E-state index contributed by atoms with van der Waals surface area (Å²) in [5, 5.41) is 0. The highest BCUT2D eigenvalue weighted by atomic mass is 79.9. The molecule has 0 fully saturated rings. The summed E-state index contributed by atoms with van der Waals surface area (Å²) in [5.41, 5.74) is 1.61. The highest BCUT2D eigenvalue weighted by Crippen LogP contribution is 2.25. The Bertz CT molecular complexity index is 308. The fraction of sp³-hybridized carbons (Fsp3) is 0.929. The maximum absolute atomic E-state index is 8.49. The third-order valence-corrected chi connectivity index (χ3v) is 5.03. The van der Waals surface area contributed by atoms with Crippen molar-refractivity contribution in [2.75, 3.05) is 0 Å². The van der Waals surface area contributed by atoms with E-state index in [1.807, 2.05) is 0 Å². The Morgan fingerprint density at radius 3 is 1.43 bits per heavy atom. The van der Waals surface area contributed by atoms with Gasteiger partial charge in [-0.15, -0.1) is 10.2 Å². The highest BCUT2D eigenvalue weighted by molar-refractivity contribution is 9.10. The van der Waals surface area contributed by atoms with Crippen LogP contribution < -0.4 is 23.6 Å². The van der Waals surface area contributed by atoms with Gasteiger partial charge in [-0.3, -0.25) is 0 Å². The standard InChI is InChI=1S/C14H28BrN.ClHO4/c1-9(2)12(10(3)4)16-11(5)13(15)14(6,7)8;2-1(3,4)5/h9-10,12-13H,1-8H3;(H,2,3,4,5). The van der Waals surface area contributed by atoms with E-state index < -0.39 is 10.2 Å². The van der Waals surface area contributed by atoms with Crippen molar-refractivity contribution in [2.45, 2.75) is 66.3 Å². The number of hydrogen-bond acceptors (Lipinski definition) is 4. The Labute approximate surface area is 139 Å². The fourth-order valence-electron chi connectivity index (χ4n) is 2.09. The second-order valence-electron chi connectivity index (χ2n) is 6.95. The molecule has 0 bridgehead atoms. The molecule has 0 aliphatic heterocycles. The molecule has 1 unspecified atom stereocenters. The van der Waals surface area contributed by atoms with Crippen LogP contribution in [-0.2, 0) is 0 Å². The molecule has 0 rings (SSSR count). The first-order valence-corrected chi connectivity index (χ1v) is 9.08. The number of rotatable bonds is 4. The Kier molecular flexibility index (Phi) is 10.6. The average molecular weight is 391 g/mol. The maximum atomic E-state index is 8.49. The van der Waals surface area contributed by atoms with Gasteiger partial charge in [0.1, 0.15) is 0 Å². The minimum Gasteiger partial charge on any atom is -0.245 e. The van der Waals surface area contributed by atoms with E-state index in [0.29, 0.717) is 22.7 Å². The van der Waals surface area contributed by atoms with Crippen molar-refractivity contribution in [2.24, 2.45) is 17.3 Å². The molecule has 128 valence electrons. The molecule has 0 aromatic carbocycles. The van der Waals surface area contributed by atoms with Crippen LogP contribution >= 0.6 is 15.9 Å². The van der Waals surface area contributed by atoms with Gasteiger partial charge in [-0.05, 0) is 5.41 Å². The van der Waals surface area contributed by atoms with Crippen LogP contribution in [0.2, 0.25) is 0 Å². The quantitative estimate of drug-likeness (QED) is 0.454. The Hall–Kier alpha value is 0.280. The maximum Gasteiger partial charge on any atom is 0.162 e. The second kappa shape index (κ2) is 9.43. The zero-order chi connectivity index (χ0) is 17.6. The molecule has 0 aromatic heterocycles. The van der Waals surface area contributed by atoms with Crippen LogP contribution in [0.25, 0.3) is 0 Å². The van der Waals surface area contributed by atoms with Crippen molar-refractivity contribution in [3.05, 3.63) is 0 Å². The van der Waals surface area contributed by atoms with Crippen molar-refractivity contribution in [1.82, 2.24) is 0 Å². The van der Waals surface area contributed by atoms with Gasteiger partial charge in [0.05, 0.1) is 4.83 Å². The van der Waals surface area contributed by atoms with E-state index in [0.717, 1.165) is 0 Å². The average Bonchev–Trinajstić information content (AvgIpc) is 2.19. The minimum absolute atomic E-state index is 0.260. The van der Waals surface area contributed by atoms with Crippen molar-refractivity contribution in [3.63, 3.8) is 0 Å². The third kappa shape index (κ3) is 13.7. The summed E-state index contributed by atoms with van der Waals surface area (Å²) < 4.78 is 34.0. The van der Waals surface area contributed by atoms with Gasteiger partial charge < -0.3 is 0 Å². The normalized spacial score (nSPS) is 15.3. The van der Waals surface area contributed by atoms with Crippen LogP contribution in [0.5, 0.6) is 0 Å². The van der Waals surface area contributed by atoms with Crippen molar-refractivity contribution >= 4 is 21.6 Å². The minimum atomic E-state index is -4.94. The van der Waals surface area contributed by atoms with E-state index >= 15 is 0 Å². The summed E-state index contributed by atoms with van der Waals surface area (Å²) in [6, 6.07) is 0.558. The van der Waals surface area contributed by atoms with Gasteiger partial charge in [-0.25, -0.2) is 23.6 Å². The molecule has 7 heteroatoms. The summed E-state index contributed by atoms with van der Waals surface area (Å²) in [6.45, 7) is 18.1. The first kappa shape index (κ1) is 23.5. The fourth-order valence-corrected chi connectivity index (χ4v) is 2.22. The lowest BCUT2D eigenvalue weighted by Crippen LogP contribution is -2.83. The predicted molar refractivity (Wildman–Crippen MR) is 77.3 cm³/mol. The zero-order valence-corrected chi connectivity index (χ0v) is 16.5. The van der Waals surface area contributed by atoms with Crippen LogP contribution in [0, 0.1) is 27.5 Å². The van der Waals surface area contributed by atoms with E-state index in [9.17, 15) is 0 Å². The van der Waals surface area contributed by atoms with E-state index in [1.54, 1.807) is 0 Å². The molecule has 0 amide bonds. The lowest BCUT2D eigenvalue weighted by Gasteiger charge is -2.24. The first-order valence-electron chi connectivity index (χ1n) is 6.93. The lowest BCUT2D eigenvalue weighted by atomic mass is 9.88. The molecular formula is C14H29BrClNO4. The first-order chi connectivity index (χ1) is 9.07. The molecule has 0 spiro atoms. The van der Waals surface area contributed by atoms with E-state index in [1.165, 1.54) is 5.71 Å². The number of alkyl halides is 1. The number of nitrogens with one attached hydrogen (secondary N) is 1. The molecule has 1 atom stereocenters. The Balaban J connectivity index is 0. The topological polar surface area (TPSA) is 106 Å². The molecule has 0 saturated heterocycles. The monoisotopic (exact) mass is 389 g/mol. The van der Waals surface area contributed by atoms with Gasteiger partial charge in [-0.1, -0.05) is 64.4 Å². The SMILES string of the molecule is CC(=[NH+]C(C(C)C)C(C)C)C(Br)C(C)(C)C.[O-][Cl+3]([O-])([O-])[O-]. The Morgan fingerprint density at radius 2 is 1.24 bits per heavy atom. The Morgan fingerprint density at radius 1 is 0.952 bits per heavy atom. The molecule has 0 saturated carbocycles. The molecule has 1 N–H and O–H groups in total. The molecule has 0 radical (unpaired) electrons. The summed E-state index contributed by atoms with van der Waals surface area (Å²) >= 11 is 3.79. The van der Waals surface area contributed by atoms with Crippen LogP contribution in [0.15, 0.2) is 0 Å². The second-order valence-corrected chi connectivity index (χ2v) is 8.62. The van der Waals surface area contributed by atoms with E-state index in [4.69, 9.17) is 18.6 Å². The van der Waals surface area contributed by atoms with Crippen LogP contribution in [0.1, 0.15) is 55.4 Å². The van der Waals surface area contributed by atoms with Gasteiger partial charge in [0, 0.05) is 18.8 Å². The number of halogens is 2. The molecule has 0 aliphatic rings. The number of hydrogen-bond donors (Lipinski definition) is 1. The third-order valence-electron chi connectivity index (χ3n) is 2.97. The molecule has 0 aromatic rings. The van der Waals surface area contributed by atoms with Gasteiger partial charge in [0.2, 0.25) is 0 Å². The van der Waals surface area contributed by atoms with Crippen molar-refractivity contribution in [3.8, 4) is 0 Å². The van der Waals surface area contributed by atoms with Crippen molar-refractivity contribution in [1.29, 1.82) is 0 Å². The van der Waals surface area contributed by atoms with Crippen LogP contribution in [0.4, 0.5) is 0 Å².